The van der Waals surface area contributed by atoms with Crippen molar-refractivity contribution in [1.29, 1.82) is 5.26 Å². The van der Waals surface area contributed by atoms with Crippen LogP contribution in [0.2, 0.25) is 0 Å². The summed E-state index contributed by atoms with van der Waals surface area (Å²) < 4.78 is 42.9. The van der Waals surface area contributed by atoms with Gasteiger partial charge in [-0.3, -0.25) is 4.79 Å². The first-order chi connectivity index (χ1) is 15.4. The first kappa shape index (κ1) is 21.7. The molecule has 0 bridgehead atoms. The van der Waals surface area contributed by atoms with Crippen LogP contribution in [0.3, 0.4) is 0 Å². The molecule has 8 nitrogen and oxygen atoms in total. The number of carbonyl (C=O) groups is 1. The molecular weight excluding hydrogens is 433 g/mol. The van der Waals surface area contributed by atoms with Gasteiger partial charge in [-0.25, -0.2) is 17.8 Å². The number of hydrogen-bond acceptors (Lipinski definition) is 5. The number of rotatable bonds is 5. The molecule has 32 heavy (non-hydrogen) atoms. The van der Waals surface area contributed by atoms with Gasteiger partial charge in [0.1, 0.15) is 5.82 Å². The van der Waals surface area contributed by atoms with E-state index in [0.29, 0.717) is 29.8 Å². The van der Waals surface area contributed by atoms with E-state index in [1.807, 2.05) is 6.07 Å². The third kappa shape index (κ3) is 4.39. The fraction of sp³-hybridized carbons (Fsp3) is 0.227. The van der Waals surface area contributed by atoms with E-state index in [4.69, 9.17) is 5.26 Å². The van der Waals surface area contributed by atoms with Crippen LogP contribution in [0.4, 0.5) is 10.1 Å². The average molecular weight is 453 g/mol. The number of hydrogen-bond donors (Lipinski definition) is 1. The summed E-state index contributed by atoms with van der Waals surface area (Å²) in [5.74, 6) is -1.14. The molecule has 1 aliphatic rings. The first-order valence-corrected chi connectivity index (χ1v) is 11.4. The number of imidazole rings is 1. The van der Waals surface area contributed by atoms with E-state index in [1.54, 1.807) is 24.5 Å². The summed E-state index contributed by atoms with van der Waals surface area (Å²) in [4.78, 5) is 16.6. The number of nitrogens with zero attached hydrogens (tertiary/aromatic N) is 4. The van der Waals surface area contributed by atoms with Crippen molar-refractivity contribution < 1.29 is 17.6 Å². The second-order valence-electron chi connectivity index (χ2n) is 7.44. The van der Waals surface area contributed by atoms with Crippen LogP contribution >= 0.6 is 0 Å². The van der Waals surface area contributed by atoms with E-state index < -0.39 is 15.8 Å². The second kappa shape index (κ2) is 8.90. The predicted octanol–water partition coefficient (Wildman–Crippen LogP) is 2.92. The molecule has 0 spiro atoms. The molecule has 4 rings (SSSR count). The molecule has 1 saturated heterocycles. The maximum atomic E-state index is 14.4. The zero-order valence-corrected chi connectivity index (χ0v) is 17.8. The Morgan fingerprint density at radius 1 is 1.16 bits per heavy atom. The van der Waals surface area contributed by atoms with Crippen molar-refractivity contribution in [1.82, 2.24) is 13.9 Å². The van der Waals surface area contributed by atoms with E-state index in [-0.39, 0.29) is 29.8 Å². The molecule has 0 radical (unpaired) electrons. The van der Waals surface area contributed by atoms with Gasteiger partial charge in [0.15, 0.2) is 0 Å². The summed E-state index contributed by atoms with van der Waals surface area (Å²) in [6, 6.07) is 12.1. The zero-order valence-electron chi connectivity index (χ0n) is 17.0. The minimum absolute atomic E-state index is 0.118. The third-order valence-electron chi connectivity index (χ3n) is 5.44. The highest BCUT2D eigenvalue weighted by Crippen LogP contribution is 2.26. The van der Waals surface area contributed by atoms with Gasteiger partial charge in [-0.1, -0.05) is 0 Å². The maximum Gasteiger partial charge on any atom is 0.243 e. The summed E-state index contributed by atoms with van der Waals surface area (Å²) in [6.45, 7) is 0.405. The van der Waals surface area contributed by atoms with E-state index >= 15 is 0 Å². The van der Waals surface area contributed by atoms with Gasteiger partial charge in [0, 0.05) is 37.1 Å². The lowest BCUT2D eigenvalue weighted by atomic mass is 9.97. The van der Waals surface area contributed by atoms with Crippen LogP contribution in [0.25, 0.3) is 5.69 Å². The fourth-order valence-corrected chi connectivity index (χ4v) is 5.12. The standard InChI is InChI=1S/C22H20FN5O3S/c23-20-13-18(3-6-21(20)27-12-9-25-15-27)26-22(29)17-7-10-28(11-8-17)32(30,31)19-4-1-16(14-24)2-5-19/h1-6,9,12-13,15,17H,7-8,10-11H2,(H,26,29). The second-order valence-corrected chi connectivity index (χ2v) is 9.38. The number of benzene rings is 2. The van der Waals surface area contributed by atoms with Crippen LogP contribution < -0.4 is 5.32 Å². The highest BCUT2D eigenvalue weighted by atomic mass is 32.2. The van der Waals surface area contributed by atoms with Crippen molar-refractivity contribution in [3.05, 3.63) is 72.6 Å². The van der Waals surface area contributed by atoms with Crippen LogP contribution in [0.15, 0.2) is 66.1 Å². The van der Waals surface area contributed by atoms with E-state index in [9.17, 15) is 17.6 Å². The Balaban J connectivity index is 1.37. The summed E-state index contributed by atoms with van der Waals surface area (Å²) in [5, 5.41) is 11.6. The lowest BCUT2D eigenvalue weighted by molar-refractivity contribution is -0.120. The van der Waals surface area contributed by atoms with Crippen molar-refractivity contribution in [2.45, 2.75) is 17.7 Å². The molecule has 1 aliphatic heterocycles. The predicted molar refractivity (Wildman–Crippen MR) is 115 cm³/mol. The van der Waals surface area contributed by atoms with Gasteiger partial charge in [-0.05, 0) is 55.3 Å². The summed E-state index contributed by atoms with van der Waals surface area (Å²) in [7, 11) is -3.69. The summed E-state index contributed by atoms with van der Waals surface area (Å²) in [5.41, 5.74) is 1.04. The molecule has 0 saturated carbocycles. The van der Waals surface area contributed by atoms with Crippen LogP contribution in [0.5, 0.6) is 0 Å². The summed E-state index contributed by atoms with van der Waals surface area (Å²) in [6.07, 6.45) is 5.36. The lowest BCUT2D eigenvalue weighted by Gasteiger charge is -2.30. The molecule has 0 aliphatic carbocycles. The number of aromatic nitrogens is 2. The molecule has 1 fully saturated rings. The number of sulfonamides is 1. The average Bonchev–Trinajstić information content (AvgIpc) is 3.34. The van der Waals surface area contributed by atoms with Gasteiger partial charge in [-0.15, -0.1) is 0 Å². The topological polar surface area (TPSA) is 108 Å². The van der Waals surface area contributed by atoms with Crippen LogP contribution in [-0.2, 0) is 14.8 Å². The van der Waals surface area contributed by atoms with Crippen LogP contribution in [0.1, 0.15) is 18.4 Å². The first-order valence-electron chi connectivity index (χ1n) is 9.97. The number of piperidine rings is 1. The number of amides is 1. The Hall–Kier alpha value is -3.55. The number of carbonyl (C=O) groups excluding carboxylic acids is 1. The fourth-order valence-electron chi connectivity index (χ4n) is 3.65. The molecule has 10 heteroatoms. The van der Waals surface area contributed by atoms with Crippen molar-refractivity contribution in [3.63, 3.8) is 0 Å². The monoisotopic (exact) mass is 453 g/mol. The Morgan fingerprint density at radius 3 is 2.47 bits per heavy atom. The SMILES string of the molecule is N#Cc1ccc(S(=O)(=O)N2CCC(C(=O)Nc3ccc(-n4ccnc4)c(F)c3)CC2)cc1. The van der Waals surface area contributed by atoms with Gasteiger partial charge < -0.3 is 9.88 Å². The number of halogens is 1. The molecule has 3 aromatic rings. The smallest absolute Gasteiger partial charge is 0.243 e. The number of nitrogens with one attached hydrogen (secondary N) is 1. The van der Waals surface area contributed by atoms with Crippen LogP contribution in [0, 0.1) is 23.1 Å². The molecule has 1 N–H and O–H groups in total. The maximum absolute atomic E-state index is 14.4. The molecule has 1 amide bonds. The van der Waals surface area contributed by atoms with Crippen molar-refractivity contribution in [2.75, 3.05) is 18.4 Å². The highest BCUT2D eigenvalue weighted by molar-refractivity contribution is 7.89. The molecule has 0 atom stereocenters. The van der Waals surface area contributed by atoms with Crippen molar-refractivity contribution in [3.8, 4) is 11.8 Å². The van der Waals surface area contributed by atoms with Gasteiger partial charge in [0.05, 0.1) is 28.5 Å². The zero-order chi connectivity index (χ0) is 22.7. The summed E-state index contributed by atoms with van der Waals surface area (Å²) >= 11 is 0. The number of anilines is 1. The van der Waals surface area contributed by atoms with Crippen LogP contribution in [-0.4, -0.2) is 41.3 Å². The van der Waals surface area contributed by atoms with Gasteiger partial charge >= 0.3 is 0 Å². The molecule has 2 heterocycles. The Bertz CT molecular complexity index is 1260. The molecule has 1 aromatic heterocycles. The minimum Gasteiger partial charge on any atom is -0.326 e. The van der Waals surface area contributed by atoms with Crippen molar-refractivity contribution in [2.24, 2.45) is 5.92 Å². The lowest BCUT2D eigenvalue weighted by Crippen LogP contribution is -2.41. The largest absolute Gasteiger partial charge is 0.326 e. The third-order valence-corrected chi connectivity index (χ3v) is 7.36. The molecular formula is C22H20FN5O3S. The Labute approximate surface area is 185 Å². The normalized spacial score (nSPS) is 15.2. The van der Waals surface area contributed by atoms with E-state index in [2.05, 4.69) is 10.3 Å². The van der Waals surface area contributed by atoms with Gasteiger partial charge in [-0.2, -0.15) is 9.57 Å². The van der Waals surface area contributed by atoms with Gasteiger partial charge in [0.25, 0.3) is 0 Å². The Kier molecular flexibility index (Phi) is 6.03. The molecule has 2 aromatic carbocycles. The van der Waals surface area contributed by atoms with E-state index in [0.717, 1.165) is 0 Å². The van der Waals surface area contributed by atoms with E-state index in [1.165, 1.54) is 45.5 Å². The quantitative estimate of drug-likeness (QED) is 0.639. The molecule has 0 unspecified atom stereocenters. The Morgan fingerprint density at radius 2 is 1.88 bits per heavy atom. The highest BCUT2D eigenvalue weighted by Gasteiger charge is 2.32. The number of nitriles is 1. The van der Waals surface area contributed by atoms with Gasteiger partial charge in [0.2, 0.25) is 15.9 Å². The molecule has 164 valence electrons. The minimum atomic E-state index is -3.69. The van der Waals surface area contributed by atoms with Crippen molar-refractivity contribution >= 4 is 21.6 Å².